The van der Waals surface area contributed by atoms with Gasteiger partial charge in [-0.25, -0.2) is 0 Å². The molecule has 10 heteroatoms. The van der Waals surface area contributed by atoms with Gasteiger partial charge in [0.05, 0.1) is 52.8 Å². The van der Waals surface area contributed by atoms with Gasteiger partial charge >= 0.3 is 0 Å². The molecule has 0 aliphatic carbocycles. The van der Waals surface area contributed by atoms with Crippen LogP contribution >= 0.6 is 7.82 Å². The van der Waals surface area contributed by atoms with E-state index >= 15 is 0 Å². The van der Waals surface area contributed by atoms with Crippen LogP contribution in [0.15, 0.2) is 0 Å². The van der Waals surface area contributed by atoms with Gasteiger partial charge in [0, 0.05) is 14.2 Å². The van der Waals surface area contributed by atoms with E-state index < -0.39 is 13.4 Å². The van der Waals surface area contributed by atoms with Crippen LogP contribution in [0, 0.1) is 0 Å². The van der Waals surface area contributed by atoms with Crippen LogP contribution in [-0.4, -0.2) is 72.6 Å². The normalized spacial score (nSPS) is 15.0. The molecule has 3 N–H and O–H groups in total. The number of rotatable bonds is 17. The highest BCUT2D eigenvalue weighted by atomic mass is 31.2. The molecule has 0 rings (SSSR count). The second-order valence-corrected chi connectivity index (χ2v) is 6.92. The number of phosphoric ester groups is 1. The first kappa shape index (κ1) is 29.1. The van der Waals surface area contributed by atoms with Crippen LogP contribution in [0.4, 0.5) is 0 Å². The number of hydrogen-bond acceptors (Lipinski definition) is 8. The zero-order valence-corrected chi connectivity index (χ0v) is 18.8. The minimum Gasteiger partial charge on any atom is -0.756 e. The zero-order chi connectivity index (χ0) is 21.2. The Morgan fingerprint density at radius 2 is 1.41 bits per heavy atom. The van der Waals surface area contributed by atoms with Crippen molar-refractivity contribution in [3.8, 4) is 0 Å². The first-order chi connectivity index (χ1) is 12.9. The van der Waals surface area contributed by atoms with Gasteiger partial charge in [-0.1, -0.05) is 20.8 Å². The molecule has 0 spiro atoms. The minimum absolute atomic E-state index is 0.345. The first-order valence-corrected chi connectivity index (χ1v) is 10.9. The third-order valence-corrected chi connectivity index (χ3v) is 5.06. The fraction of sp³-hybridized carbons (Fsp3) is 1.00. The summed E-state index contributed by atoms with van der Waals surface area (Å²) in [5.74, 6) is 0. The molecule has 9 nitrogen and oxygen atoms in total. The standard InChI is InChI=1S/C16H35O8P.CH5N/c1-6-15(16(7-2,8-3)24-25(17,18)20-5)23-14-13-22-12-11-21-10-9-19-4;1-2/h15H,6-14H2,1-5H3,(H,17,18);2H2,1H3. The average molecular weight is 417 g/mol. The van der Waals surface area contributed by atoms with Crippen molar-refractivity contribution in [1.29, 1.82) is 0 Å². The SMILES string of the molecule is CCC(OCCOCCOCCOC)C(CC)(CC)OP(=O)([O-])OC.C[NH3+]. The topological polar surface area (TPSA) is 123 Å². The average Bonchev–Trinajstić information content (AvgIpc) is 2.69. The molecule has 0 bridgehead atoms. The van der Waals surface area contributed by atoms with Gasteiger partial charge in [-0.2, -0.15) is 0 Å². The van der Waals surface area contributed by atoms with Crippen LogP contribution in [0.5, 0.6) is 0 Å². The van der Waals surface area contributed by atoms with Crippen LogP contribution in [0.3, 0.4) is 0 Å². The third-order valence-electron chi connectivity index (χ3n) is 4.02. The van der Waals surface area contributed by atoms with Gasteiger partial charge in [-0.15, -0.1) is 0 Å². The summed E-state index contributed by atoms with van der Waals surface area (Å²) < 4.78 is 43.0. The lowest BCUT2D eigenvalue weighted by molar-refractivity contribution is -0.325. The number of phosphoric acid groups is 1. The van der Waals surface area contributed by atoms with Crippen molar-refractivity contribution in [3.05, 3.63) is 0 Å². The Bertz CT molecular complexity index is 369. The Labute approximate surface area is 164 Å². The van der Waals surface area contributed by atoms with E-state index in [0.29, 0.717) is 58.9 Å². The lowest BCUT2D eigenvalue weighted by Crippen LogP contribution is -2.46. The second-order valence-electron chi connectivity index (χ2n) is 5.48. The van der Waals surface area contributed by atoms with E-state index in [1.165, 1.54) is 0 Å². The first-order valence-electron chi connectivity index (χ1n) is 9.45. The number of methoxy groups -OCH3 is 1. The molecule has 0 aromatic heterocycles. The minimum atomic E-state index is -4.35. The largest absolute Gasteiger partial charge is 0.756 e. The van der Waals surface area contributed by atoms with Crippen molar-refractivity contribution >= 4 is 7.82 Å². The number of ether oxygens (including phenoxy) is 4. The number of quaternary nitrogens is 1. The summed E-state index contributed by atoms with van der Waals surface area (Å²) in [5, 5.41) is 0. The van der Waals surface area contributed by atoms with Gasteiger partial charge in [0.15, 0.2) is 0 Å². The Morgan fingerprint density at radius 3 is 1.81 bits per heavy atom. The van der Waals surface area contributed by atoms with Gasteiger partial charge in [0.2, 0.25) is 0 Å². The van der Waals surface area contributed by atoms with Crippen LogP contribution in [0.1, 0.15) is 40.0 Å². The Morgan fingerprint density at radius 1 is 0.926 bits per heavy atom. The predicted octanol–water partition coefficient (Wildman–Crippen LogP) is 1.01. The van der Waals surface area contributed by atoms with Crippen LogP contribution in [0.25, 0.3) is 0 Å². The van der Waals surface area contributed by atoms with E-state index in [1.807, 2.05) is 20.8 Å². The summed E-state index contributed by atoms with van der Waals surface area (Å²) in [7, 11) is 0.116. The molecule has 166 valence electrons. The molecule has 0 radical (unpaired) electrons. The van der Waals surface area contributed by atoms with Crippen LogP contribution in [-0.2, 0) is 32.6 Å². The maximum atomic E-state index is 11.8. The zero-order valence-electron chi connectivity index (χ0n) is 17.9. The molecule has 0 heterocycles. The monoisotopic (exact) mass is 417 g/mol. The van der Waals surface area contributed by atoms with E-state index in [2.05, 4.69) is 10.3 Å². The third kappa shape index (κ3) is 12.9. The molecule has 0 aromatic rings. The number of hydrogen-bond donors (Lipinski definition) is 1. The smallest absolute Gasteiger partial charge is 0.268 e. The van der Waals surface area contributed by atoms with Crippen molar-refractivity contribution < 1.29 is 43.2 Å². The van der Waals surface area contributed by atoms with Gasteiger partial charge in [0.25, 0.3) is 7.82 Å². The summed E-state index contributed by atoms with van der Waals surface area (Å²) in [4.78, 5) is 11.8. The lowest BCUT2D eigenvalue weighted by Gasteiger charge is -2.42. The van der Waals surface area contributed by atoms with Crippen molar-refractivity contribution in [2.45, 2.75) is 51.7 Å². The molecule has 0 aromatic carbocycles. The van der Waals surface area contributed by atoms with E-state index in [0.717, 1.165) is 7.11 Å². The molecule has 0 amide bonds. The predicted molar refractivity (Wildman–Crippen MR) is 101 cm³/mol. The molecule has 2 unspecified atom stereocenters. The molecule has 0 aliphatic rings. The van der Waals surface area contributed by atoms with Crippen molar-refractivity contribution in [2.75, 3.05) is 60.9 Å². The van der Waals surface area contributed by atoms with Gasteiger partial charge in [0.1, 0.15) is 5.60 Å². The lowest BCUT2D eigenvalue weighted by atomic mass is 9.89. The van der Waals surface area contributed by atoms with Gasteiger partial charge in [-0.05, 0) is 19.3 Å². The summed E-state index contributed by atoms with van der Waals surface area (Å²) in [5.41, 5.74) is 2.31. The highest BCUT2D eigenvalue weighted by Crippen LogP contribution is 2.46. The fourth-order valence-corrected chi connectivity index (χ4v) is 3.40. The van der Waals surface area contributed by atoms with Gasteiger partial charge in [-0.3, -0.25) is 4.57 Å². The highest BCUT2D eigenvalue weighted by Gasteiger charge is 2.40. The van der Waals surface area contributed by atoms with Crippen molar-refractivity contribution in [1.82, 2.24) is 0 Å². The highest BCUT2D eigenvalue weighted by molar-refractivity contribution is 7.45. The van der Waals surface area contributed by atoms with E-state index in [1.54, 1.807) is 14.2 Å². The summed E-state index contributed by atoms with van der Waals surface area (Å²) in [6, 6.07) is 0. The summed E-state index contributed by atoms with van der Waals surface area (Å²) in [6.07, 6.45) is 1.23. The quantitative estimate of drug-likeness (QED) is 0.275. The molecular formula is C17H40NO8P. The van der Waals surface area contributed by atoms with E-state index in [-0.39, 0.29) is 6.10 Å². The Hall–Kier alpha value is -0.0900. The molecule has 27 heavy (non-hydrogen) atoms. The van der Waals surface area contributed by atoms with Crippen LogP contribution in [0.2, 0.25) is 0 Å². The van der Waals surface area contributed by atoms with Gasteiger partial charge < -0.3 is 38.6 Å². The van der Waals surface area contributed by atoms with Crippen molar-refractivity contribution in [3.63, 3.8) is 0 Å². The molecule has 2 atom stereocenters. The summed E-state index contributed by atoms with van der Waals surface area (Å²) >= 11 is 0. The van der Waals surface area contributed by atoms with Crippen molar-refractivity contribution in [2.24, 2.45) is 0 Å². The second kappa shape index (κ2) is 18.0. The Balaban J connectivity index is 0. The molecule has 0 saturated carbocycles. The van der Waals surface area contributed by atoms with Crippen LogP contribution < -0.4 is 10.6 Å². The van der Waals surface area contributed by atoms with E-state index in [9.17, 15) is 9.46 Å². The maximum absolute atomic E-state index is 11.8. The van der Waals surface area contributed by atoms with E-state index in [4.69, 9.17) is 23.5 Å². The molecule has 0 fully saturated rings. The molecule has 0 saturated heterocycles. The fourth-order valence-electron chi connectivity index (χ4n) is 2.51. The Kier molecular flexibility index (Phi) is 19.4. The molecule has 0 aliphatic heterocycles. The molecular weight excluding hydrogens is 377 g/mol. The summed E-state index contributed by atoms with van der Waals surface area (Å²) in [6.45, 7) is 8.47. The maximum Gasteiger partial charge on any atom is 0.268 e.